The summed E-state index contributed by atoms with van der Waals surface area (Å²) < 4.78 is 44.0. The normalized spacial score (nSPS) is 12.7. The van der Waals surface area contributed by atoms with Crippen LogP contribution in [0.25, 0.3) is 0 Å². The molecule has 0 saturated heterocycles. The molecule has 0 fully saturated rings. The van der Waals surface area contributed by atoms with Gasteiger partial charge in [0, 0.05) is 12.8 Å². The molecule has 0 aliphatic carbocycles. The van der Waals surface area contributed by atoms with Crippen LogP contribution < -0.4 is 4.74 Å². The predicted octanol–water partition coefficient (Wildman–Crippen LogP) is 2.24. The van der Waals surface area contributed by atoms with Crippen LogP contribution in [0.5, 0.6) is 5.75 Å². The molecule has 0 amide bonds. The Hall–Kier alpha value is -2.25. The van der Waals surface area contributed by atoms with Crippen molar-refractivity contribution in [2.24, 2.45) is 7.05 Å². The maximum atomic E-state index is 12.6. The summed E-state index contributed by atoms with van der Waals surface area (Å²) in [7, 11) is 1.21. The fourth-order valence-electron chi connectivity index (χ4n) is 1.72. The summed E-state index contributed by atoms with van der Waals surface area (Å²) >= 11 is 0.950. The number of aromatic nitrogens is 3. The summed E-state index contributed by atoms with van der Waals surface area (Å²) in [4.78, 5) is 0. The number of benzene rings is 1. The Morgan fingerprint density at radius 3 is 2.54 bits per heavy atom. The highest BCUT2D eigenvalue weighted by Gasteiger charge is 2.37. The number of hydrogen-bond acceptors (Lipinski definition) is 6. The lowest BCUT2D eigenvalue weighted by atomic mass is 10.2. The van der Waals surface area contributed by atoms with Gasteiger partial charge in [-0.25, -0.2) is 0 Å². The van der Waals surface area contributed by atoms with E-state index in [2.05, 4.69) is 10.2 Å². The Balaban J connectivity index is 1.84. The Bertz CT molecular complexity index is 725. The van der Waals surface area contributed by atoms with Crippen LogP contribution in [-0.4, -0.2) is 38.3 Å². The van der Waals surface area contributed by atoms with Crippen molar-refractivity contribution in [3.05, 3.63) is 35.7 Å². The van der Waals surface area contributed by atoms with Gasteiger partial charge in [0.25, 0.3) is 0 Å². The minimum absolute atomic E-state index is 0.0388. The maximum absolute atomic E-state index is 12.6. The number of nitrogens with zero attached hydrogens (tertiary/aromatic N) is 4. The SMILES string of the molecule is Cn1c(SC[C@H](O)COc2ccc(C#N)cc2)nnc1C(F)(F)F. The van der Waals surface area contributed by atoms with Crippen LogP contribution in [0.1, 0.15) is 11.4 Å². The van der Waals surface area contributed by atoms with Gasteiger partial charge in [-0.05, 0) is 24.3 Å². The molecule has 128 valence electrons. The maximum Gasteiger partial charge on any atom is 0.451 e. The minimum atomic E-state index is -4.57. The second-order valence-electron chi connectivity index (χ2n) is 4.77. The van der Waals surface area contributed by atoms with Gasteiger partial charge in [-0.2, -0.15) is 18.4 Å². The summed E-state index contributed by atoms with van der Waals surface area (Å²) in [6.45, 7) is -0.0388. The van der Waals surface area contributed by atoms with E-state index in [-0.39, 0.29) is 17.5 Å². The molecule has 10 heteroatoms. The van der Waals surface area contributed by atoms with E-state index in [0.29, 0.717) is 11.3 Å². The van der Waals surface area contributed by atoms with E-state index in [1.165, 1.54) is 7.05 Å². The van der Waals surface area contributed by atoms with Crippen LogP contribution in [0.3, 0.4) is 0 Å². The fraction of sp³-hybridized carbons (Fsp3) is 0.357. The smallest absolute Gasteiger partial charge is 0.451 e. The minimum Gasteiger partial charge on any atom is -0.491 e. The molecule has 0 bridgehead atoms. The van der Waals surface area contributed by atoms with Crippen LogP contribution in [0.4, 0.5) is 13.2 Å². The number of thioether (sulfide) groups is 1. The summed E-state index contributed by atoms with van der Waals surface area (Å²) in [5.41, 5.74) is 0.487. The summed E-state index contributed by atoms with van der Waals surface area (Å²) in [6.07, 6.45) is -5.48. The van der Waals surface area contributed by atoms with Crippen molar-refractivity contribution >= 4 is 11.8 Å². The number of hydrogen-bond donors (Lipinski definition) is 1. The number of halogens is 3. The highest BCUT2D eigenvalue weighted by Crippen LogP contribution is 2.29. The van der Waals surface area contributed by atoms with E-state index in [1.807, 2.05) is 6.07 Å². The zero-order valence-electron chi connectivity index (χ0n) is 12.5. The highest BCUT2D eigenvalue weighted by molar-refractivity contribution is 7.99. The second kappa shape index (κ2) is 7.55. The Morgan fingerprint density at radius 2 is 2.00 bits per heavy atom. The van der Waals surface area contributed by atoms with Crippen molar-refractivity contribution in [1.29, 1.82) is 5.26 Å². The van der Waals surface area contributed by atoms with Crippen LogP contribution in [0.15, 0.2) is 29.4 Å². The second-order valence-corrected chi connectivity index (χ2v) is 5.76. The van der Waals surface area contributed by atoms with Crippen molar-refractivity contribution in [2.75, 3.05) is 12.4 Å². The van der Waals surface area contributed by atoms with Crippen molar-refractivity contribution < 1.29 is 23.0 Å². The number of alkyl halides is 3. The third-order valence-corrected chi connectivity index (χ3v) is 4.08. The van der Waals surface area contributed by atoms with Crippen molar-refractivity contribution in [3.8, 4) is 11.8 Å². The highest BCUT2D eigenvalue weighted by atomic mass is 32.2. The van der Waals surface area contributed by atoms with Crippen LogP contribution in [0.2, 0.25) is 0 Å². The molecule has 0 unspecified atom stereocenters. The summed E-state index contributed by atoms with van der Waals surface area (Å²) in [5, 5.41) is 25.2. The van der Waals surface area contributed by atoms with Crippen molar-refractivity contribution in [2.45, 2.75) is 17.4 Å². The molecule has 1 aromatic carbocycles. The Labute approximate surface area is 139 Å². The molecule has 0 saturated carbocycles. The largest absolute Gasteiger partial charge is 0.491 e. The molecule has 1 heterocycles. The predicted molar refractivity (Wildman–Crippen MR) is 79.4 cm³/mol. The number of aliphatic hydroxyl groups is 1. The lowest BCUT2D eigenvalue weighted by Gasteiger charge is -2.12. The first-order chi connectivity index (χ1) is 11.3. The zero-order valence-corrected chi connectivity index (χ0v) is 13.3. The summed E-state index contributed by atoms with van der Waals surface area (Å²) in [6, 6.07) is 8.32. The molecule has 2 rings (SSSR count). The molecule has 24 heavy (non-hydrogen) atoms. The van der Waals surface area contributed by atoms with Gasteiger partial charge >= 0.3 is 6.18 Å². The van der Waals surface area contributed by atoms with Gasteiger partial charge in [-0.15, -0.1) is 10.2 Å². The summed E-state index contributed by atoms with van der Waals surface area (Å²) in [5.74, 6) is -0.510. The average molecular weight is 358 g/mol. The van der Waals surface area contributed by atoms with E-state index in [0.717, 1.165) is 16.3 Å². The molecular formula is C14H13F3N4O2S. The molecule has 0 spiro atoms. The van der Waals surface area contributed by atoms with Crippen molar-refractivity contribution in [3.63, 3.8) is 0 Å². The van der Waals surface area contributed by atoms with E-state index in [9.17, 15) is 18.3 Å². The third kappa shape index (κ3) is 4.62. The quantitative estimate of drug-likeness (QED) is 0.798. The standard InChI is InChI=1S/C14H13F3N4O2S/c1-21-12(14(15,16)17)19-20-13(21)24-8-10(22)7-23-11-4-2-9(6-18)3-5-11/h2-5,10,22H,7-8H2,1H3/t10-/m1/s1. The first kappa shape index (κ1) is 18.1. The van der Waals surface area contributed by atoms with Gasteiger partial charge in [-0.3, -0.25) is 0 Å². The molecule has 2 aromatic rings. The number of aliphatic hydroxyl groups excluding tert-OH is 1. The van der Waals surface area contributed by atoms with Crippen LogP contribution >= 0.6 is 11.8 Å². The third-order valence-electron chi connectivity index (χ3n) is 2.92. The van der Waals surface area contributed by atoms with Crippen LogP contribution in [0, 0.1) is 11.3 Å². The number of ether oxygens (including phenoxy) is 1. The van der Waals surface area contributed by atoms with E-state index < -0.39 is 18.1 Å². The first-order valence-corrected chi connectivity index (χ1v) is 7.70. The molecule has 0 radical (unpaired) electrons. The lowest BCUT2D eigenvalue weighted by Crippen LogP contribution is -2.20. The van der Waals surface area contributed by atoms with Gasteiger partial charge in [0.05, 0.1) is 17.7 Å². The Morgan fingerprint density at radius 1 is 1.33 bits per heavy atom. The van der Waals surface area contributed by atoms with E-state index in [4.69, 9.17) is 10.00 Å². The van der Waals surface area contributed by atoms with Crippen LogP contribution in [-0.2, 0) is 13.2 Å². The van der Waals surface area contributed by atoms with E-state index >= 15 is 0 Å². The van der Waals surface area contributed by atoms with Gasteiger partial charge in [0.15, 0.2) is 5.16 Å². The molecule has 1 N–H and O–H groups in total. The zero-order chi connectivity index (χ0) is 17.7. The topological polar surface area (TPSA) is 84.0 Å². The van der Waals surface area contributed by atoms with Gasteiger partial charge in [0.1, 0.15) is 12.4 Å². The van der Waals surface area contributed by atoms with E-state index in [1.54, 1.807) is 24.3 Å². The number of rotatable bonds is 6. The fourth-order valence-corrected chi connectivity index (χ4v) is 2.54. The number of nitriles is 1. The first-order valence-electron chi connectivity index (χ1n) is 6.71. The molecule has 1 aromatic heterocycles. The van der Waals surface area contributed by atoms with Crippen molar-refractivity contribution in [1.82, 2.24) is 14.8 Å². The van der Waals surface area contributed by atoms with Gasteiger partial charge in [0.2, 0.25) is 5.82 Å². The molecule has 6 nitrogen and oxygen atoms in total. The average Bonchev–Trinajstić information content (AvgIpc) is 2.92. The lowest BCUT2D eigenvalue weighted by molar-refractivity contribution is -0.147. The van der Waals surface area contributed by atoms with Gasteiger partial charge < -0.3 is 14.4 Å². The monoisotopic (exact) mass is 358 g/mol. The molecule has 0 aliphatic heterocycles. The van der Waals surface area contributed by atoms with Gasteiger partial charge in [-0.1, -0.05) is 11.8 Å². The Kier molecular flexibility index (Phi) is 5.69. The molecule has 1 atom stereocenters. The molecule has 0 aliphatic rings. The molecular weight excluding hydrogens is 345 g/mol.